The van der Waals surface area contributed by atoms with Gasteiger partial charge in [0.15, 0.2) is 5.78 Å². The number of Topliss-reactive ketones (excluding diaryl/α,β-unsaturated/α-hetero) is 1. The van der Waals surface area contributed by atoms with Crippen LogP contribution in [0, 0.1) is 5.41 Å². The maximum Gasteiger partial charge on any atom is 0.168 e. The average molecular weight is 491 g/mol. The molecular formula is C24H43IO2. The van der Waals surface area contributed by atoms with E-state index in [0.29, 0.717) is 5.78 Å². The number of carbonyl (C=O) groups is 1. The van der Waals surface area contributed by atoms with E-state index in [9.17, 15) is 4.79 Å². The van der Waals surface area contributed by atoms with Crippen LogP contribution in [-0.2, 0) is 9.53 Å². The summed E-state index contributed by atoms with van der Waals surface area (Å²) in [6.45, 7) is 5.55. The first-order valence-electron chi connectivity index (χ1n) is 11.4. The van der Waals surface area contributed by atoms with E-state index in [1.165, 1.54) is 89.0 Å². The Bertz CT molecular complexity index is 440. The Hall–Kier alpha value is 0.1000. The summed E-state index contributed by atoms with van der Waals surface area (Å²) in [6, 6.07) is 0. The van der Waals surface area contributed by atoms with Gasteiger partial charge in [0, 0.05) is 20.1 Å². The van der Waals surface area contributed by atoms with Crippen molar-refractivity contribution in [1.82, 2.24) is 0 Å². The van der Waals surface area contributed by atoms with Crippen molar-refractivity contribution < 1.29 is 9.53 Å². The van der Waals surface area contributed by atoms with Gasteiger partial charge in [-0.15, -0.1) is 0 Å². The van der Waals surface area contributed by atoms with Crippen LogP contribution in [-0.4, -0.2) is 19.5 Å². The fraction of sp³-hybridized carbons (Fsp3) is 0.875. The highest BCUT2D eigenvalue weighted by Crippen LogP contribution is 2.43. The van der Waals surface area contributed by atoms with Crippen LogP contribution in [0.1, 0.15) is 117 Å². The van der Waals surface area contributed by atoms with Crippen LogP contribution in [0.15, 0.2) is 9.15 Å². The highest BCUT2D eigenvalue weighted by atomic mass is 127. The summed E-state index contributed by atoms with van der Waals surface area (Å²) in [6.07, 6.45) is 20.6. The predicted molar refractivity (Wildman–Crippen MR) is 126 cm³/mol. The molecule has 158 valence electrons. The highest BCUT2D eigenvalue weighted by molar-refractivity contribution is 14.1. The van der Waals surface area contributed by atoms with Gasteiger partial charge in [-0.1, -0.05) is 84.5 Å². The Balaban J connectivity index is 1.93. The molecule has 2 nitrogen and oxygen atoms in total. The number of ketones is 1. The van der Waals surface area contributed by atoms with E-state index in [1.807, 2.05) is 0 Å². The number of rotatable bonds is 16. The zero-order chi connectivity index (χ0) is 20.0. The second-order valence-corrected chi connectivity index (χ2v) is 10.0. The molecule has 0 bridgehead atoms. The van der Waals surface area contributed by atoms with Crippen LogP contribution in [0.3, 0.4) is 0 Å². The zero-order valence-electron chi connectivity index (χ0n) is 18.2. The van der Waals surface area contributed by atoms with Gasteiger partial charge in [-0.2, -0.15) is 0 Å². The lowest BCUT2D eigenvalue weighted by molar-refractivity contribution is -0.115. The van der Waals surface area contributed by atoms with Crippen molar-refractivity contribution in [3.8, 4) is 0 Å². The Morgan fingerprint density at radius 3 is 1.74 bits per heavy atom. The molecule has 0 aromatic heterocycles. The number of carbonyl (C=O) groups excluding carboxylic acids is 1. The predicted octanol–water partition coefficient (Wildman–Crippen LogP) is 8.17. The van der Waals surface area contributed by atoms with Crippen molar-refractivity contribution >= 4 is 28.4 Å². The molecule has 3 heteroatoms. The van der Waals surface area contributed by atoms with Gasteiger partial charge in [0.1, 0.15) is 0 Å². The van der Waals surface area contributed by atoms with E-state index in [0.717, 1.165) is 29.4 Å². The third kappa shape index (κ3) is 11.0. The molecule has 0 aromatic rings. The first-order valence-corrected chi connectivity index (χ1v) is 12.5. The van der Waals surface area contributed by atoms with Crippen LogP contribution in [0.4, 0.5) is 0 Å². The standard InChI is InChI=1S/C24H43IO2/c1-24(2)19-18-22(26)23(25)21(24)17-15-13-11-9-7-5-4-6-8-10-12-14-16-20-27-3/h4-20H2,1-3H3. The van der Waals surface area contributed by atoms with Crippen molar-refractivity contribution in [2.24, 2.45) is 5.41 Å². The molecule has 0 heterocycles. The fourth-order valence-corrected chi connectivity index (χ4v) is 5.36. The smallest absolute Gasteiger partial charge is 0.168 e. The van der Waals surface area contributed by atoms with Gasteiger partial charge in [0.25, 0.3) is 0 Å². The summed E-state index contributed by atoms with van der Waals surface area (Å²) in [5, 5.41) is 0. The van der Waals surface area contributed by atoms with Gasteiger partial charge in [-0.05, 0) is 59.3 Å². The number of hydrogen-bond donors (Lipinski definition) is 0. The largest absolute Gasteiger partial charge is 0.385 e. The van der Waals surface area contributed by atoms with E-state index < -0.39 is 0 Å². The molecule has 0 amide bonds. The van der Waals surface area contributed by atoms with Gasteiger partial charge < -0.3 is 4.74 Å². The molecule has 0 aromatic carbocycles. The lowest BCUT2D eigenvalue weighted by Crippen LogP contribution is -2.24. The first kappa shape index (κ1) is 25.1. The summed E-state index contributed by atoms with van der Waals surface area (Å²) in [5.74, 6) is 0.375. The molecule has 0 fully saturated rings. The minimum atomic E-state index is 0.230. The van der Waals surface area contributed by atoms with E-state index in [1.54, 1.807) is 7.11 Å². The lowest BCUT2D eigenvalue weighted by Gasteiger charge is -2.33. The van der Waals surface area contributed by atoms with Gasteiger partial charge in [-0.3, -0.25) is 4.79 Å². The van der Waals surface area contributed by atoms with Crippen LogP contribution in [0.2, 0.25) is 0 Å². The fourth-order valence-electron chi connectivity index (χ4n) is 4.09. The summed E-state index contributed by atoms with van der Waals surface area (Å²) in [7, 11) is 1.79. The van der Waals surface area contributed by atoms with Crippen LogP contribution >= 0.6 is 22.6 Å². The maximum atomic E-state index is 12.0. The quantitative estimate of drug-likeness (QED) is 0.161. The van der Waals surface area contributed by atoms with Crippen molar-refractivity contribution in [2.45, 2.75) is 117 Å². The molecule has 0 N–H and O–H groups in total. The van der Waals surface area contributed by atoms with E-state index in [2.05, 4.69) is 36.4 Å². The highest BCUT2D eigenvalue weighted by Gasteiger charge is 2.32. The molecule has 1 aliphatic rings. The van der Waals surface area contributed by atoms with Crippen LogP contribution in [0.25, 0.3) is 0 Å². The van der Waals surface area contributed by atoms with E-state index in [-0.39, 0.29) is 5.41 Å². The monoisotopic (exact) mass is 490 g/mol. The first-order chi connectivity index (χ1) is 13.0. The maximum absolute atomic E-state index is 12.0. The van der Waals surface area contributed by atoms with Gasteiger partial charge >= 0.3 is 0 Å². The number of methoxy groups -OCH3 is 1. The van der Waals surface area contributed by atoms with Crippen LogP contribution in [0.5, 0.6) is 0 Å². The molecule has 0 saturated heterocycles. The molecule has 0 atom stereocenters. The van der Waals surface area contributed by atoms with Crippen molar-refractivity contribution in [2.75, 3.05) is 13.7 Å². The second-order valence-electron chi connectivity index (χ2n) is 8.94. The summed E-state index contributed by atoms with van der Waals surface area (Å²) in [4.78, 5) is 12.0. The molecule has 27 heavy (non-hydrogen) atoms. The van der Waals surface area contributed by atoms with Crippen LogP contribution < -0.4 is 0 Å². The van der Waals surface area contributed by atoms with Crippen molar-refractivity contribution in [3.05, 3.63) is 9.15 Å². The number of ether oxygens (including phenoxy) is 1. The van der Waals surface area contributed by atoms with Gasteiger partial charge in [-0.25, -0.2) is 0 Å². The molecule has 1 aliphatic carbocycles. The Kier molecular flexibility index (Phi) is 14.0. The third-order valence-electron chi connectivity index (χ3n) is 6.08. The number of hydrogen-bond acceptors (Lipinski definition) is 2. The molecule has 0 unspecified atom stereocenters. The van der Waals surface area contributed by atoms with E-state index >= 15 is 0 Å². The Labute approximate surface area is 182 Å². The average Bonchev–Trinajstić information content (AvgIpc) is 2.64. The lowest BCUT2D eigenvalue weighted by atomic mass is 9.73. The minimum absolute atomic E-state index is 0.230. The third-order valence-corrected chi connectivity index (χ3v) is 7.33. The molecule has 0 aliphatic heterocycles. The van der Waals surface area contributed by atoms with Crippen molar-refractivity contribution in [1.29, 1.82) is 0 Å². The molecular weight excluding hydrogens is 447 g/mol. The number of allylic oxidation sites excluding steroid dienone is 2. The van der Waals surface area contributed by atoms with Crippen molar-refractivity contribution in [3.63, 3.8) is 0 Å². The Morgan fingerprint density at radius 1 is 0.815 bits per heavy atom. The molecule has 0 radical (unpaired) electrons. The zero-order valence-corrected chi connectivity index (χ0v) is 20.4. The molecule has 1 rings (SSSR count). The van der Waals surface area contributed by atoms with Gasteiger partial charge in [0.05, 0.1) is 3.58 Å². The topological polar surface area (TPSA) is 26.3 Å². The number of halogens is 1. The minimum Gasteiger partial charge on any atom is -0.385 e. The summed E-state index contributed by atoms with van der Waals surface area (Å²) >= 11 is 2.30. The normalized spacial score (nSPS) is 17.0. The Morgan fingerprint density at radius 2 is 1.26 bits per heavy atom. The second kappa shape index (κ2) is 15.0. The summed E-state index contributed by atoms with van der Waals surface area (Å²) < 4.78 is 6.13. The van der Waals surface area contributed by atoms with E-state index in [4.69, 9.17) is 4.74 Å². The SMILES string of the molecule is COCCCCCCCCCCCCCCCC1=C(I)C(=O)CCC1(C)C. The molecule has 0 spiro atoms. The summed E-state index contributed by atoms with van der Waals surface area (Å²) in [5.41, 5.74) is 1.66. The number of unbranched alkanes of at least 4 members (excludes halogenated alkanes) is 12. The molecule has 0 saturated carbocycles. The van der Waals surface area contributed by atoms with Gasteiger partial charge in [0.2, 0.25) is 0 Å².